The molecule has 3 nitrogen and oxygen atoms in total. The molecule has 3 heteroatoms. The monoisotopic (exact) mass is 177 g/mol. The van der Waals surface area contributed by atoms with E-state index >= 15 is 0 Å². The van der Waals surface area contributed by atoms with Gasteiger partial charge in [-0.15, -0.1) is 0 Å². The fourth-order valence-electron chi connectivity index (χ4n) is 1.82. The van der Waals surface area contributed by atoms with Crippen LogP contribution in [0.2, 0.25) is 0 Å². The number of hydrogen-bond acceptors (Lipinski definition) is 2. The summed E-state index contributed by atoms with van der Waals surface area (Å²) in [4.78, 5) is 15.2. The van der Waals surface area contributed by atoms with E-state index in [0.29, 0.717) is 12.1 Å². The van der Waals surface area contributed by atoms with Crippen LogP contribution in [0.5, 0.6) is 0 Å². The van der Waals surface area contributed by atoms with Crippen molar-refractivity contribution < 1.29 is 9.90 Å². The van der Waals surface area contributed by atoms with Gasteiger partial charge in [-0.25, -0.2) is 0 Å². The third-order valence-electron chi connectivity index (χ3n) is 2.81. The average molecular weight is 177 g/mol. The normalized spacial score (nSPS) is 31.3. The first-order valence-electron chi connectivity index (χ1n) is 4.33. The fraction of sp³-hybridized carbons (Fsp3) is 0.400. The molecule has 2 unspecified atom stereocenters. The first kappa shape index (κ1) is 8.23. The van der Waals surface area contributed by atoms with E-state index in [0.717, 1.165) is 0 Å². The van der Waals surface area contributed by atoms with Crippen molar-refractivity contribution in [2.24, 2.45) is 5.92 Å². The Hall–Kier alpha value is -1.38. The van der Waals surface area contributed by atoms with Crippen molar-refractivity contribution in [1.82, 2.24) is 4.98 Å². The van der Waals surface area contributed by atoms with Crippen LogP contribution in [0.1, 0.15) is 19.0 Å². The third-order valence-corrected chi connectivity index (χ3v) is 2.81. The van der Waals surface area contributed by atoms with Crippen LogP contribution in [0.3, 0.4) is 0 Å². The van der Waals surface area contributed by atoms with Crippen LogP contribution in [0, 0.1) is 5.92 Å². The SMILES string of the molecule is CC1CC1(C(=O)O)c1ccccn1. The molecule has 1 aliphatic rings. The highest BCUT2D eigenvalue weighted by Crippen LogP contribution is 2.53. The molecular formula is C10H11NO2. The van der Waals surface area contributed by atoms with Crippen LogP contribution in [-0.2, 0) is 10.2 Å². The molecule has 0 bridgehead atoms. The molecule has 0 spiro atoms. The van der Waals surface area contributed by atoms with Gasteiger partial charge in [-0.3, -0.25) is 9.78 Å². The first-order chi connectivity index (χ1) is 6.18. The molecule has 1 heterocycles. The number of carbonyl (C=O) groups is 1. The number of carboxylic acid groups (broad SMARTS) is 1. The van der Waals surface area contributed by atoms with Crippen molar-refractivity contribution in [2.75, 3.05) is 0 Å². The van der Waals surface area contributed by atoms with Crippen molar-refractivity contribution in [3.63, 3.8) is 0 Å². The lowest BCUT2D eigenvalue weighted by Gasteiger charge is -2.09. The molecule has 1 aromatic rings. The first-order valence-corrected chi connectivity index (χ1v) is 4.33. The van der Waals surface area contributed by atoms with E-state index in [2.05, 4.69) is 4.98 Å². The topological polar surface area (TPSA) is 50.2 Å². The molecule has 0 aliphatic heterocycles. The summed E-state index contributed by atoms with van der Waals surface area (Å²) in [6.07, 6.45) is 2.35. The Labute approximate surface area is 76.4 Å². The zero-order valence-electron chi connectivity index (χ0n) is 7.40. The van der Waals surface area contributed by atoms with Crippen LogP contribution in [0.25, 0.3) is 0 Å². The van der Waals surface area contributed by atoms with Gasteiger partial charge in [-0.05, 0) is 24.5 Å². The van der Waals surface area contributed by atoms with E-state index in [-0.39, 0.29) is 5.92 Å². The van der Waals surface area contributed by atoms with Gasteiger partial charge in [0.05, 0.1) is 5.69 Å². The predicted molar refractivity (Wildman–Crippen MR) is 47.3 cm³/mol. The van der Waals surface area contributed by atoms with E-state index in [9.17, 15) is 4.79 Å². The summed E-state index contributed by atoms with van der Waals surface area (Å²) < 4.78 is 0. The molecule has 2 atom stereocenters. The minimum atomic E-state index is -0.751. The van der Waals surface area contributed by atoms with Crippen molar-refractivity contribution in [1.29, 1.82) is 0 Å². The second-order valence-corrected chi connectivity index (χ2v) is 3.60. The lowest BCUT2D eigenvalue weighted by molar-refractivity contribution is -0.140. The van der Waals surface area contributed by atoms with Gasteiger partial charge >= 0.3 is 5.97 Å². The van der Waals surface area contributed by atoms with Gasteiger partial charge in [-0.2, -0.15) is 0 Å². The zero-order chi connectivity index (χ0) is 9.47. The molecular weight excluding hydrogens is 166 g/mol. The van der Waals surface area contributed by atoms with Crippen molar-refractivity contribution in [3.05, 3.63) is 30.1 Å². The van der Waals surface area contributed by atoms with Crippen LogP contribution in [0.4, 0.5) is 0 Å². The van der Waals surface area contributed by atoms with Gasteiger partial charge in [0.1, 0.15) is 5.41 Å². The van der Waals surface area contributed by atoms with Gasteiger partial charge < -0.3 is 5.11 Å². The Morgan fingerprint density at radius 1 is 1.69 bits per heavy atom. The summed E-state index contributed by atoms with van der Waals surface area (Å²) in [6, 6.07) is 5.42. The molecule has 1 aromatic heterocycles. The smallest absolute Gasteiger partial charge is 0.316 e. The maximum Gasteiger partial charge on any atom is 0.316 e. The Balaban J connectivity index is 2.40. The largest absolute Gasteiger partial charge is 0.481 e. The Morgan fingerprint density at radius 2 is 2.38 bits per heavy atom. The molecule has 1 fully saturated rings. The van der Waals surface area contributed by atoms with Crippen molar-refractivity contribution in [2.45, 2.75) is 18.8 Å². The van der Waals surface area contributed by atoms with Gasteiger partial charge in [0.15, 0.2) is 0 Å². The number of aromatic nitrogens is 1. The van der Waals surface area contributed by atoms with Gasteiger partial charge in [0.25, 0.3) is 0 Å². The molecule has 0 amide bonds. The summed E-state index contributed by atoms with van der Waals surface area (Å²) in [5.74, 6) is -0.543. The lowest BCUT2D eigenvalue weighted by Crippen LogP contribution is -2.22. The number of pyridine rings is 1. The molecule has 0 aromatic carbocycles. The Kier molecular flexibility index (Phi) is 1.62. The van der Waals surface area contributed by atoms with E-state index < -0.39 is 11.4 Å². The van der Waals surface area contributed by atoms with Crippen LogP contribution < -0.4 is 0 Å². The summed E-state index contributed by atoms with van der Waals surface area (Å²) in [6.45, 7) is 1.95. The summed E-state index contributed by atoms with van der Waals surface area (Å²) in [5, 5.41) is 9.09. The summed E-state index contributed by atoms with van der Waals surface area (Å²) in [5.41, 5.74) is -0.00338. The molecule has 1 N–H and O–H groups in total. The zero-order valence-corrected chi connectivity index (χ0v) is 7.40. The van der Waals surface area contributed by atoms with Gasteiger partial charge in [-0.1, -0.05) is 13.0 Å². The number of carboxylic acids is 1. The fourth-order valence-corrected chi connectivity index (χ4v) is 1.82. The number of rotatable bonds is 2. The molecule has 0 saturated heterocycles. The number of aliphatic carboxylic acids is 1. The molecule has 1 aliphatic carbocycles. The predicted octanol–water partition coefficient (Wildman–Crippen LogP) is 1.44. The highest BCUT2D eigenvalue weighted by atomic mass is 16.4. The third kappa shape index (κ3) is 1.03. The summed E-state index contributed by atoms with van der Waals surface area (Å²) in [7, 11) is 0. The second kappa shape index (κ2) is 2.55. The molecule has 2 rings (SSSR count). The standard InChI is InChI=1S/C10H11NO2/c1-7-6-10(7,9(12)13)8-4-2-3-5-11-8/h2-5,7H,6H2,1H3,(H,12,13). The van der Waals surface area contributed by atoms with Crippen LogP contribution >= 0.6 is 0 Å². The minimum Gasteiger partial charge on any atom is -0.481 e. The van der Waals surface area contributed by atoms with Crippen LogP contribution in [-0.4, -0.2) is 16.1 Å². The summed E-state index contributed by atoms with van der Waals surface area (Å²) >= 11 is 0. The molecule has 13 heavy (non-hydrogen) atoms. The highest BCUT2D eigenvalue weighted by Gasteiger charge is 2.60. The Morgan fingerprint density at radius 3 is 2.77 bits per heavy atom. The maximum absolute atomic E-state index is 11.1. The second-order valence-electron chi connectivity index (χ2n) is 3.60. The number of nitrogens with zero attached hydrogens (tertiary/aromatic N) is 1. The number of hydrogen-bond donors (Lipinski definition) is 1. The van der Waals surface area contributed by atoms with E-state index in [1.54, 1.807) is 18.3 Å². The van der Waals surface area contributed by atoms with Crippen LogP contribution in [0.15, 0.2) is 24.4 Å². The van der Waals surface area contributed by atoms with E-state index in [1.807, 2.05) is 13.0 Å². The van der Waals surface area contributed by atoms with Crippen molar-refractivity contribution >= 4 is 5.97 Å². The van der Waals surface area contributed by atoms with Crippen molar-refractivity contribution in [3.8, 4) is 0 Å². The van der Waals surface area contributed by atoms with E-state index in [4.69, 9.17) is 5.11 Å². The average Bonchev–Trinajstić information content (AvgIpc) is 2.80. The molecule has 1 saturated carbocycles. The highest BCUT2D eigenvalue weighted by molar-refractivity contribution is 5.85. The van der Waals surface area contributed by atoms with Gasteiger partial charge in [0.2, 0.25) is 0 Å². The minimum absolute atomic E-state index is 0.208. The van der Waals surface area contributed by atoms with Gasteiger partial charge in [0, 0.05) is 6.20 Å². The molecule has 0 radical (unpaired) electrons. The lowest BCUT2D eigenvalue weighted by atomic mass is 9.99. The quantitative estimate of drug-likeness (QED) is 0.743. The molecule has 68 valence electrons. The van der Waals surface area contributed by atoms with E-state index in [1.165, 1.54) is 0 Å². The Bertz CT molecular complexity index is 336. The maximum atomic E-state index is 11.1.